The van der Waals surface area contributed by atoms with Crippen molar-refractivity contribution in [3.05, 3.63) is 28.5 Å². The number of aromatic nitrogens is 1. The van der Waals surface area contributed by atoms with E-state index in [4.69, 9.17) is 11.6 Å². The summed E-state index contributed by atoms with van der Waals surface area (Å²) in [6.07, 6.45) is 4.11. The zero-order valence-electron chi connectivity index (χ0n) is 12.1. The highest BCUT2D eigenvalue weighted by Gasteiger charge is 2.10. The second-order valence-corrected chi connectivity index (χ2v) is 6.96. The molecule has 0 aromatic carbocycles. The molecule has 2 atom stereocenters. The highest BCUT2D eigenvalue weighted by Crippen LogP contribution is 2.12. The van der Waals surface area contributed by atoms with Gasteiger partial charge in [0.05, 0.1) is 0 Å². The fourth-order valence-electron chi connectivity index (χ4n) is 1.72. The molecule has 0 aliphatic rings. The van der Waals surface area contributed by atoms with Crippen LogP contribution in [0.4, 0.5) is 0 Å². The lowest BCUT2D eigenvalue weighted by Crippen LogP contribution is -2.27. The van der Waals surface area contributed by atoms with Crippen LogP contribution in [0.25, 0.3) is 0 Å². The molecule has 0 aliphatic carbocycles. The van der Waals surface area contributed by atoms with Crippen molar-refractivity contribution in [1.82, 2.24) is 10.3 Å². The summed E-state index contributed by atoms with van der Waals surface area (Å²) >= 11 is 5.92. The normalized spacial score (nSPS) is 13.8. The van der Waals surface area contributed by atoms with Crippen molar-refractivity contribution in [2.75, 3.05) is 12.8 Å². The largest absolute Gasteiger partial charge is 0.352 e. The van der Waals surface area contributed by atoms with E-state index in [1.165, 1.54) is 0 Å². The van der Waals surface area contributed by atoms with E-state index in [-0.39, 0.29) is 11.2 Å². The van der Waals surface area contributed by atoms with Crippen LogP contribution in [0, 0.1) is 0 Å². The molecule has 0 saturated carbocycles. The predicted molar refractivity (Wildman–Crippen MR) is 83.7 cm³/mol. The maximum absolute atomic E-state index is 12.0. The van der Waals surface area contributed by atoms with E-state index in [9.17, 15) is 9.00 Å². The predicted octanol–water partition coefficient (Wildman–Crippen LogP) is 2.57. The standard InChI is InChI=1S/C14H21ClN2O2S/c1-4-5-12-8-11(9-13(15)17-12)14(18)16-7-6-10(2)20(3)19/h8-10H,4-7H2,1-3H3,(H,16,18). The van der Waals surface area contributed by atoms with Crippen molar-refractivity contribution in [2.24, 2.45) is 0 Å². The number of hydrogen-bond donors (Lipinski definition) is 1. The van der Waals surface area contributed by atoms with Crippen molar-refractivity contribution in [1.29, 1.82) is 0 Å². The van der Waals surface area contributed by atoms with E-state index in [0.717, 1.165) is 18.5 Å². The smallest absolute Gasteiger partial charge is 0.251 e. The Bertz CT molecular complexity index is 494. The molecule has 0 saturated heterocycles. The Morgan fingerprint density at radius 3 is 2.80 bits per heavy atom. The molecule has 0 radical (unpaired) electrons. The lowest BCUT2D eigenvalue weighted by Gasteiger charge is -2.10. The fraction of sp³-hybridized carbons (Fsp3) is 0.571. The summed E-state index contributed by atoms with van der Waals surface area (Å²) in [6.45, 7) is 4.46. The van der Waals surface area contributed by atoms with Crippen LogP contribution in [0.1, 0.15) is 42.7 Å². The molecule has 2 unspecified atom stereocenters. The molecule has 4 nitrogen and oxygen atoms in total. The van der Waals surface area contributed by atoms with E-state index in [1.807, 2.05) is 6.92 Å². The first-order valence-electron chi connectivity index (χ1n) is 6.71. The van der Waals surface area contributed by atoms with E-state index in [1.54, 1.807) is 18.4 Å². The number of nitrogens with one attached hydrogen (secondary N) is 1. The van der Waals surface area contributed by atoms with Gasteiger partial charge in [-0.1, -0.05) is 31.9 Å². The van der Waals surface area contributed by atoms with Gasteiger partial charge >= 0.3 is 0 Å². The van der Waals surface area contributed by atoms with Gasteiger partial charge in [-0.25, -0.2) is 4.98 Å². The molecule has 1 N–H and O–H groups in total. The van der Waals surface area contributed by atoms with Crippen LogP contribution in [-0.4, -0.2) is 33.2 Å². The molecule has 1 aromatic rings. The Hall–Kier alpha value is -0.940. The Kier molecular flexibility index (Phi) is 7.16. The molecule has 1 aromatic heterocycles. The molecule has 1 rings (SSSR count). The molecule has 112 valence electrons. The lowest BCUT2D eigenvalue weighted by molar-refractivity contribution is 0.0953. The highest BCUT2D eigenvalue weighted by atomic mass is 35.5. The van der Waals surface area contributed by atoms with E-state index < -0.39 is 10.8 Å². The van der Waals surface area contributed by atoms with Crippen molar-refractivity contribution in [3.63, 3.8) is 0 Å². The molecular formula is C14H21ClN2O2S. The summed E-state index contributed by atoms with van der Waals surface area (Å²) < 4.78 is 11.2. The average molecular weight is 317 g/mol. The Morgan fingerprint density at radius 2 is 2.20 bits per heavy atom. The molecule has 0 bridgehead atoms. The van der Waals surface area contributed by atoms with Gasteiger partial charge in [-0.05, 0) is 25.0 Å². The number of pyridine rings is 1. The van der Waals surface area contributed by atoms with Crippen molar-refractivity contribution >= 4 is 28.3 Å². The number of hydrogen-bond acceptors (Lipinski definition) is 3. The highest BCUT2D eigenvalue weighted by molar-refractivity contribution is 7.84. The zero-order valence-corrected chi connectivity index (χ0v) is 13.7. The summed E-state index contributed by atoms with van der Waals surface area (Å²) in [6, 6.07) is 3.34. The van der Waals surface area contributed by atoms with Gasteiger partial charge in [0, 0.05) is 40.1 Å². The maximum atomic E-state index is 12.0. The zero-order chi connectivity index (χ0) is 15.1. The van der Waals surface area contributed by atoms with Crippen molar-refractivity contribution in [2.45, 2.75) is 38.4 Å². The van der Waals surface area contributed by atoms with Crippen molar-refractivity contribution in [3.8, 4) is 0 Å². The second-order valence-electron chi connectivity index (χ2n) is 4.77. The van der Waals surface area contributed by atoms with E-state index in [2.05, 4.69) is 17.2 Å². The number of amides is 1. The van der Waals surface area contributed by atoms with Gasteiger partial charge in [-0.2, -0.15) is 0 Å². The number of rotatable bonds is 7. The fourth-order valence-corrected chi connectivity index (χ4v) is 2.40. The first-order chi connectivity index (χ1) is 9.43. The van der Waals surface area contributed by atoms with Crippen LogP contribution in [0.5, 0.6) is 0 Å². The molecular weight excluding hydrogens is 296 g/mol. The summed E-state index contributed by atoms with van der Waals surface area (Å²) in [7, 11) is -0.862. The van der Waals surface area contributed by atoms with Crippen LogP contribution in [-0.2, 0) is 17.2 Å². The molecule has 0 spiro atoms. The van der Waals surface area contributed by atoms with Gasteiger partial charge in [0.1, 0.15) is 5.15 Å². The minimum atomic E-state index is -0.862. The summed E-state index contributed by atoms with van der Waals surface area (Å²) in [5.74, 6) is -0.166. The third-order valence-electron chi connectivity index (χ3n) is 3.02. The Morgan fingerprint density at radius 1 is 1.50 bits per heavy atom. The summed E-state index contributed by atoms with van der Waals surface area (Å²) in [4.78, 5) is 16.2. The van der Waals surface area contributed by atoms with Crippen LogP contribution >= 0.6 is 11.6 Å². The van der Waals surface area contributed by atoms with E-state index in [0.29, 0.717) is 23.7 Å². The van der Waals surface area contributed by atoms with Gasteiger partial charge in [-0.3, -0.25) is 9.00 Å². The number of nitrogens with zero attached hydrogens (tertiary/aromatic N) is 1. The van der Waals surface area contributed by atoms with Crippen LogP contribution in [0.3, 0.4) is 0 Å². The molecule has 1 heterocycles. The number of halogens is 1. The average Bonchev–Trinajstić information content (AvgIpc) is 2.38. The van der Waals surface area contributed by atoms with Gasteiger partial charge in [0.25, 0.3) is 5.91 Å². The SMILES string of the molecule is CCCc1cc(C(=O)NCCC(C)S(C)=O)cc(Cl)n1. The minimum Gasteiger partial charge on any atom is -0.352 e. The molecule has 0 fully saturated rings. The molecule has 0 aliphatic heterocycles. The van der Waals surface area contributed by atoms with Crippen LogP contribution < -0.4 is 5.32 Å². The molecule has 6 heteroatoms. The number of carbonyl (C=O) groups is 1. The van der Waals surface area contributed by atoms with Crippen LogP contribution in [0.2, 0.25) is 5.15 Å². The molecule has 1 amide bonds. The quantitative estimate of drug-likeness (QED) is 0.787. The third kappa shape index (κ3) is 5.59. The number of carbonyl (C=O) groups excluding carboxylic acids is 1. The van der Waals surface area contributed by atoms with Crippen LogP contribution in [0.15, 0.2) is 12.1 Å². The lowest BCUT2D eigenvalue weighted by atomic mass is 10.1. The maximum Gasteiger partial charge on any atom is 0.251 e. The summed E-state index contributed by atoms with van der Waals surface area (Å²) in [5, 5.41) is 3.23. The number of aryl methyl sites for hydroxylation is 1. The van der Waals surface area contributed by atoms with Gasteiger partial charge in [0.15, 0.2) is 0 Å². The summed E-state index contributed by atoms with van der Waals surface area (Å²) in [5.41, 5.74) is 1.35. The Balaban J connectivity index is 2.61. The minimum absolute atomic E-state index is 0.0759. The van der Waals surface area contributed by atoms with Crippen molar-refractivity contribution < 1.29 is 9.00 Å². The molecule has 20 heavy (non-hydrogen) atoms. The topological polar surface area (TPSA) is 59.1 Å². The van der Waals surface area contributed by atoms with Gasteiger partial charge < -0.3 is 5.32 Å². The van der Waals surface area contributed by atoms with Gasteiger partial charge in [0.2, 0.25) is 0 Å². The van der Waals surface area contributed by atoms with E-state index >= 15 is 0 Å². The second kappa shape index (κ2) is 8.37. The Labute approximate surface area is 127 Å². The first kappa shape index (κ1) is 17.1. The monoisotopic (exact) mass is 316 g/mol. The third-order valence-corrected chi connectivity index (χ3v) is 4.58. The van der Waals surface area contributed by atoms with Gasteiger partial charge in [-0.15, -0.1) is 0 Å². The first-order valence-corrected chi connectivity index (χ1v) is 8.70.